The third-order valence-electron chi connectivity index (χ3n) is 1.63. The summed E-state index contributed by atoms with van der Waals surface area (Å²) in [4.78, 5) is -0.0600. The SMILES string of the molecule is C#CCN(C)S(=O)(=O)c1cn[nH]c1N. The van der Waals surface area contributed by atoms with Crippen LogP contribution in [0.2, 0.25) is 0 Å². The first-order valence-corrected chi connectivity index (χ1v) is 5.12. The minimum Gasteiger partial charge on any atom is -0.383 e. The van der Waals surface area contributed by atoms with Crippen molar-refractivity contribution in [1.82, 2.24) is 14.5 Å². The zero-order valence-electron chi connectivity index (χ0n) is 7.56. The van der Waals surface area contributed by atoms with Gasteiger partial charge in [-0.1, -0.05) is 5.92 Å². The van der Waals surface area contributed by atoms with Gasteiger partial charge in [0.05, 0.1) is 12.7 Å². The van der Waals surface area contributed by atoms with Crippen molar-refractivity contribution in [3.63, 3.8) is 0 Å². The Morgan fingerprint density at radius 1 is 1.79 bits per heavy atom. The highest BCUT2D eigenvalue weighted by Crippen LogP contribution is 2.17. The molecule has 0 aliphatic rings. The molecule has 0 saturated heterocycles. The van der Waals surface area contributed by atoms with Crippen LogP contribution in [0.3, 0.4) is 0 Å². The molecule has 0 amide bonds. The van der Waals surface area contributed by atoms with E-state index in [1.807, 2.05) is 0 Å². The van der Waals surface area contributed by atoms with Crippen LogP contribution < -0.4 is 5.73 Å². The first-order chi connectivity index (χ1) is 6.50. The Morgan fingerprint density at radius 2 is 2.43 bits per heavy atom. The third kappa shape index (κ3) is 1.71. The molecule has 1 aromatic heterocycles. The zero-order valence-corrected chi connectivity index (χ0v) is 8.37. The molecule has 0 spiro atoms. The summed E-state index contributed by atoms with van der Waals surface area (Å²) in [7, 11) is -2.24. The number of nitrogen functional groups attached to an aromatic ring is 1. The molecule has 1 rings (SSSR count). The molecule has 14 heavy (non-hydrogen) atoms. The number of terminal acetylenes is 1. The van der Waals surface area contributed by atoms with E-state index in [4.69, 9.17) is 12.2 Å². The molecule has 1 aromatic rings. The summed E-state index contributed by atoms with van der Waals surface area (Å²) < 4.78 is 24.4. The Hall–Kier alpha value is -1.52. The maximum absolute atomic E-state index is 11.7. The second-order valence-electron chi connectivity index (χ2n) is 2.61. The van der Waals surface area contributed by atoms with Crippen LogP contribution in [-0.4, -0.2) is 36.5 Å². The Labute approximate surface area is 82.1 Å². The molecular formula is C7H10N4O2S. The number of hydrogen-bond donors (Lipinski definition) is 2. The molecule has 0 aliphatic heterocycles. The molecule has 1 heterocycles. The molecule has 76 valence electrons. The van der Waals surface area contributed by atoms with E-state index < -0.39 is 10.0 Å². The van der Waals surface area contributed by atoms with Gasteiger partial charge < -0.3 is 5.73 Å². The minimum absolute atomic E-state index is 0.00699. The number of rotatable bonds is 3. The summed E-state index contributed by atoms with van der Waals surface area (Å²) in [5.74, 6) is 2.24. The van der Waals surface area contributed by atoms with Gasteiger partial charge in [-0.15, -0.1) is 6.42 Å². The molecule has 6 nitrogen and oxygen atoms in total. The number of anilines is 1. The average molecular weight is 214 g/mol. The highest BCUT2D eigenvalue weighted by atomic mass is 32.2. The first kappa shape index (κ1) is 10.6. The van der Waals surface area contributed by atoms with Gasteiger partial charge in [0.1, 0.15) is 10.7 Å². The fourth-order valence-corrected chi connectivity index (χ4v) is 1.96. The van der Waals surface area contributed by atoms with Crippen LogP contribution in [0.1, 0.15) is 0 Å². The third-order valence-corrected chi connectivity index (χ3v) is 3.47. The van der Waals surface area contributed by atoms with Gasteiger partial charge >= 0.3 is 0 Å². The van der Waals surface area contributed by atoms with E-state index in [0.717, 1.165) is 10.5 Å². The summed E-state index contributed by atoms with van der Waals surface area (Å²) in [6.45, 7) is -0.00699. The van der Waals surface area contributed by atoms with E-state index in [0.29, 0.717) is 0 Å². The first-order valence-electron chi connectivity index (χ1n) is 3.68. The number of aromatic nitrogens is 2. The lowest BCUT2D eigenvalue weighted by Gasteiger charge is -2.12. The van der Waals surface area contributed by atoms with Crippen molar-refractivity contribution in [3.8, 4) is 12.3 Å². The number of aromatic amines is 1. The molecule has 0 bridgehead atoms. The molecule has 0 aromatic carbocycles. The normalized spacial score (nSPS) is 11.5. The number of hydrogen-bond acceptors (Lipinski definition) is 4. The maximum Gasteiger partial charge on any atom is 0.248 e. The fraction of sp³-hybridized carbons (Fsp3) is 0.286. The Kier molecular flexibility index (Phi) is 2.78. The Balaban J connectivity index is 3.10. The summed E-state index contributed by atoms with van der Waals surface area (Å²) in [5, 5.41) is 5.87. The van der Waals surface area contributed by atoms with Crippen molar-refractivity contribution in [2.75, 3.05) is 19.3 Å². The van der Waals surface area contributed by atoms with Gasteiger partial charge in [-0.2, -0.15) is 9.40 Å². The van der Waals surface area contributed by atoms with Crippen molar-refractivity contribution in [2.24, 2.45) is 0 Å². The number of H-pyrrole nitrogens is 1. The summed E-state index contributed by atoms with van der Waals surface area (Å²) in [5.41, 5.74) is 5.39. The fourth-order valence-electron chi connectivity index (χ4n) is 0.872. The topological polar surface area (TPSA) is 92.1 Å². The van der Waals surface area contributed by atoms with E-state index in [9.17, 15) is 8.42 Å². The molecule has 3 N–H and O–H groups in total. The predicted octanol–water partition coefficient (Wildman–Crippen LogP) is -0.754. The average Bonchev–Trinajstić information content (AvgIpc) is 2.52. The van der Waals surface area contributed by atoms with Crippen molar-refractivity contribution in [1.29, 1.82) is 0 Å². The van der Waals surface area contributed by atoms with Crippen molar-refractivity contribution >= 4 is 15.8 Å². The van der Waals surface area contributed by atoms with E-state index >= 15 is 0 Å². The molecule has 0 fully saturated rings. The Bertz CT molecular complexity index is 456. The number of nitrogens with two attached hydrogens (primary N) is 1. The van der Waals surface area contributed by atoms with Crippen LogP contribution in [-0.2, 0) is 10.0 Å². The summed E-state index contributed by atoms with van der Waals surface area (Å²) >= 11 is 0. The second-order valence-corrected chi connectivity index (χ2v) is 4.63. The van der Waals surface area contributed by atoms with Gasteiger partial charge in [0.2, 0.25) is 10.0 Å². The molecule has 0 atom stereocenters. The van der Waals surface area contributed by atoms with E-state index in [2.05, 4.69) is 16.1 Å². The van der Waals surface area contributed by atoms with Gasteiger partial charge in [-0.25, -0.2) is 8.42 Å². The molecule has 0 unspecified atom stereocenters. The minimum atomic E-state index is -3.62. The smallest absolute Gasteiger partial charge is 0.248 e. The van der Waals surface area contributed by atoms with E-state index in [-0.39, 0.29) is 17.3 Å². The molecule has 0 saturated carbocycles. The zero-order chi connectivity index (χ0) is 10.8. The lowest BCUT2D eigenvalue weighted by Crippen LogP contribution is -2.27. The van der Waals surface area contributed by atoms with Crippen LogP contribution >= 0.6 is 0 Å². The van der Waals surface area contributed by atoms with Crippen LogP contribution in [0.15, 0.2) is 11.1 Å². The molecular weight excluding hydrogens is 204 g/mol. The lowest BCUT2D eigenvalue weighted by atomic mass is 10.7. The quantitative estimate of drug-likeness (QED) is 0.647. The standard InChI is InChI=1S/C7H10N4O2S/c1-3-4-11(2)14(12,13)6-5-9-10-7(6)8/h1,5H,4H2,2H3,(H3,8,9,10). The predicted molar refractivity (Wildman–Crippen MR) is 51.6 cm³/mol. The van der Waals surface area contributed by atoms with Gasteiger partial charge in [0.15, 0.2) is 0 Å². The largest absolute Gasteiger partial charge is 0.383 e. The second kappa shape index (κ2) is 3.69. The Morgan fingerprint density at radius 3 is 2.86 bits per heavy atom. The highest BCUT2D eigenvalue weighted by molar-refractivity contribution is 7.89. The summed E-state index contributed by atoms with van der Waals surface area (Å²) in [6, 6.07) is 0. The molecule has 0 radical (unpaired) electrons. The van der Waals surface area contributed by atoms with Crippen molar-refractivity contribution in [2.45, 2.75) is 4.90 Å². The van der Waals surface area contributed by atoms with Crippen LogP contribution in [0.5, 0.6) is 0 Å². The lowest BCUT2D eigenvalue weighted by molar-refractivity contribution is 0.503. The monoisotopic (exact) mass is 214 g/mol. The van der Waals surface area contributed by atoms with E-state index in [1.54, 1.807) is 0 Å². The maximum atomic E-state index is 11.7. The number of sulfonamides is 1. The van der Waals surface area contributed by atoms with E-state index in [1.165, 1.54) is 7.05 Å². The van der Waals surface area contributed by atoms with Gasteiger partial charge in [-0.05, 0) is 0 Å². The number of nitrogens with one attached hydrogen (secondary N) is 1. The van der Waals surface area contributed by atoms with Crippen LogP contribution in [0.25, 0.3) is 0 Å². The van der Waals surface area contributed by atoms with Gasteiger partial charge in [0, 0.05) is 7.05 Å². The van der Waals surface area contributed by atoms with Crippen molar-refractivity contribution < 1.29 is 8.42 Å². The molecule has 7 heteroatoms. The van der Waals surface area contributed by atoms with Crippen LogP contribution in [0.4, 0.5) is 5.82 Å². The number of nitrogens with zero attached hydrogens (tertiary/aromatic N) is 2. The highest BCUT2D eigenvalue weighted by Gasteiger charge is 2.23. The van der Waals surface area contributed by atoms with Gasteiger partial charge in [0.25, 0.3) is 0 Å². The van der Waals surface area contributed by atoms with Crippen molar-refractivity contribution in [3.05, 3.63) is 6.20 Å². The van der Waals surface area contributed by atoms with Crippen LogP contribution in [0, 0.1) is 12.3 Å². The van der Waals surface area contributed by atoms with Gasteiger partial charge in [-0.3, -0.25) is 5.10 Å². The molecule has 0 aliphatic carbocycles. The summed E-state index contributed by atoms with van der Waals surface area (Å²) in [6.07, 6.45) is 6.16.